The predicted molar refractivity (Wildman–Crippen MR) is 55.5 cm³/mol. The molecule has 0 aromatic heterocycles. The number of nitrogens with zero attached hydrogens (tertiary/aromatic N) is 1. The zero-order valence-corrected chi connectivity index (χ0v) is 7.27. The fourth-order valence-corrected chi connectivity index (χ4v) is 1.43. The van der Waals surface area contributed by atoms with E-state index in [9.17, 15) is 10.0 Å². The summed E-state index contributed by atoms with van der Waals surface area (Å²) >= 11 is 0. The maximum absolute atomic E-state index is 10.5. The molecule has 0 heterocycles. The molecule has 0 unspecified atom stereocenters. The fourth-order valence-electron chi connectivity index (χ4n) is 1.43. The van der Waals surface area contributed by atoms with E-state index < -0.39 is 0 Å². The number of hydrogen-bond acceptors (Lipinski definition) is 4. The van der Waals surface area contributed by atoms with Crippen LogP contribution in [-0.2, 0) is 0 Å². The van der Waals surface area contributed by atoms with Gasteiger partial charge in [-0.15, -0.1) is 4.91 Å². The zero-order valence-electron chi connectivity index (χ0n) is 7.27. The van der Waals surface area contributed by atoms with Crippen LogP contribution < -0.4 is 5.73 Å². The molecule has 0 aliphatic carbocycles. The van der Waals surface area contributed by atoms with Gasteiger partial charge in [-0.1, -0.05) is 18.2 Å². The van der Waals surface area contributed by atoms with Gasteiger partial charge in [-0.25, -0.2) is 0 Å². The van der Waals surface area contributed by atoms with E-state index in [1.807, 2.05) is 0 Å². The van der Waals surface area contributed by atoms with E-state index in [0.29, 0.717) is 5.39 Å². The summed E-state index contributed by atoms with van der Waals surface area (Å²) in [5.41, 5.74) is 5.96. The highest BCUT2D eigenvalue weighted by atomic mass is 16.3. The first-order chi connectivity index (χ1) is 6.74. The first kappa shape index (κ1) is 8.50. The van der Waals surface area contributed by atoms with Gasteiger partial charge in [-0.2, -0.15) is 0 Å². The SMILES string of the molecule is Nc1ccc2cccc(N=O)c2c1O. The van der Waals surface area contributed by atoms with Crippen molar-refractivity contribution in [2.45, 2.75) is 0 Å². The van der Waals surface area contributed by atoms with E-state index in [2.05, 4.69) is 5.18 Å². The van der Waals surface area contributed by atoms with Crippen molar-refractivity contribution < 1.29 is 5.11 Å². The molecule has 0 aliphatic rings. The van der Waals surface area contributed by atoms with Crippen LogP contribution in [0.2, 0.25) is 0 Å². The van der Waals surface area contributed by atoms with Gasteiger partial charge >= 0.3 is 0 Å². The number of rotatable bonds is 1. The molecule has 0 bridgehead atoms. The van der Waals surface area contributed by atoms with E-state index in [1.165, 1.54) is 6.07 Å². The Bertz CT molecular complexity index is 509. The topological polar surface area (TPSA) is 75.7 Å². The molecule has 4 nitrogen and oxygen atoms in total. The number of nitrogen functional groups attached to an aromatic ring is 1. The standard InChI is InChI=1S/C10H8N2O2/c11-7-5-4-6-2-1-3-8(12-14)9(6)10(7)13/h1-5,13H,11H2. The fraction of sp³-hybridized carbons (Fsp3) is 0. The lowest BCUT2D eigenvalue weighted by molar-refractivity contribution is 0.484. The summed E-state index contributed by atoms with van der Waals surface area (Å²) in [6.45, 7) is 0. The van der Waals surface area contributed by atoms with Gasteiger partial charge in [-0.3, -0.25) is 0 Å². The maximum Gasteiger partial charge on any atom is 0.148 e. The summed E-state index contributed by atoms with van der Waals surface area (Å²) in [6.07, 6.45) is 0. The summed E-state index contributed by atoms with van der Waals surface area (Å²) in [6, 6.07) is 8.34. The van der Waals surface area contributed by atoms with Crippen molar-refractivity contribution >= 4 is 22.1 Å². The number of anilines is 1. The Morgan fingerprint density at radius 1 is 1.21 bits per heavy atom. The monoisotopic (exact) mass is 188 g/mol. The summed E-state index contributed by atoms with van der Waals surface area (Å²) in [5.74, 6) is -0.0855. The van der Waals surface area contributed by atoms with Crippen LogP contribution in [0.4, 0.5) is 11.4 Å². The lowest BCUT2D eigenvalue weighted by atomic mass is 10.1. The van der Waals surface area contributed by atoms with Crippen molar-refractivity contribution in [3.05, 3.63) is 35.2 Å². The number of hydrogen-bond donors (Lipinski definition) is 2. The van der Waals surface area contributed by atoms with Crippen molar-refractivity contribution in [1.29, 1.82) is 0 Å². The number of benzene rings is 2. The Kier molecular flexibility index (Phi) is 1.81. The second-order valence-corrected chi connectivity index (χ2v) is 2.97. The van der Waals surface area contributed by atoms with Gasteiger partial charge in [0.2, 0.25) is 0 Å². The van der Waals surface area contributed by atoms with Crippen LogP contribution >= 0.6 is 0 Å². The molecule has 0 saturated carbocycles. The highest BCUT2D eigenvalue weighted by Gasteiger charge is 2.08. The Morgan fingerprint density at radius 3 is 2.71 bits per heavy atom. The maximum atomic E-state index is 10.5. The van der Waals surface area contributed by atoms with Crippen LogP contribution in [0.1, 0.15) is 0 Å². The Hall–Kier alpha value is -2.10. The van der Waals surface area contributed by atoms with Gasteiger partial charge in [0.1, 0.15) is 11.4 Å². The largest absolute Gasteiger partial charge is 0.505 e. The number of fused-ring (bicyclic) bond motifs is 1. The molecule has 0 fully saturated rings. The van der Waals surface area contributed by atoms with E-state index >= 15 is 0 Å². The minimum atomic E-state index is -0.0855. The third kappa shape index (κ3) is 1.08. The molecule has 4 heteroatoms. The highest BCUT2D eigenvalue weighted by molar-refractivity contribution is 6.00. The first-order valence-electron chi connectivity index (χ1n) is 4.07. The predicted octanol–water partition coefficient (Wildman–Crippen LogP) is 2.53. The minimum Gasteiger partial charge on any atom is -0.505 e. The second kappa shape index (κ2) is 2.99. The summed E-state index contributed by atoms with van der Waals surface area (Å²) in [5, 5.41) is 13.6. The zero-order chi connectivity index (χ0) is 10.1. The Morgan fingerprint density at radius 2 is 2.00 bits per heavy atom. The molecule has 2 rings (SSSR count). The van der Waals surface area contributed by atoms with Crippen molar-refractivity contribution in [1.82, 2.24) is 0 Å². The van der Waals surface area contributed by atoms with E-state index in [4.69, 9.17) is 5.73 Å². The molecular weight excluding hydrogens is 180 g/mol. The second-order valence-electron chi connectivity index (χ2n) is 2.97. The van der Waals surface area contributed by atoms with Gasteiger partial charge in [0.25, 0.3) is 0 Å². The molecule has 70 valence electrons. The molecule has 0 aliphatic heterocycles. The highest BCUT2D eigenvalue weighted by Crippen LogP contribution is 2.36. The average molecular weight is 188 g/mol. The van der Waals surface area contributed by atoms with Gasteiger partial charge in [-0.05, 0) is 22.7 Å². The van der Waals surface area contributed by atoms with Crippen molar-refractivity contribution in [2.24, 2.45) is 5.18 Å². The molecule has 14 heavy (non-hydrogen) atoms. The van der Waals surface area contributed by atoms with Crippen LogP contribution in [0.3, 0.4) is 0 Å². The third-order valence-corrected chi connectivity index (χ3v) is 2.13. The van der Waals surface area contributed by atoms with Crippen molar-refractivity contribution in [2.75, 3.05) is 5.73 Å². The van der Waals surface area contributed by atoms with E-state index in [0.717, 1.165) is 5.39 Å². The first-order valence-corrected chi connectivity index (χ1v) is 4.07. The molecule has 3 N–H and O–H groups in total. The van der Waals surface area contributed by atoms with Crippen LogP contribution in [0.5, 0.6) is 5.75 Å². The average Bonchev–Trinajstić information content (AvgIpc) is 2.23. The van der Waals surface area contributed by atoms with Crippen LogP contribution in [0, 0.1) is 4.91 Å². The number of nitroso groups, excluding NO2 is 1. The Labute approximate surface area is 79.9 Å². The molecule has 0 amide bonds. The molecule has 0 saturated heterocycles. The van der Waals surface area contributed by atoms with Crippen LogP contribution in [0.15, 0.2) is 35.5 Å². The molecule has 0 radical (unpaired) electrons. The van der Waals surface area contributed by atoms with Gasteiger partial charge in [0.05, 0.1) is 11.1 Å². The molecule has 0 atom stereocenters. The number of phenols is 1. The normalized spacial score (nSPS) is 10.3. The lowest BCUT2D eigenvalue weighted by Gasteiger charge is -2.04. The Balaban J connectivity index is 2.96. The minimum absolute atomic E-state index is 0.0855. The summed E-state index contributed by atoms with van der Waals surface area (Å²) < 4.78 is 0. The van der Waals surface area contributed by atoms with Gasteiger partial charge in [0, 0.05) is 0 Å². The van der Waals surface area contributed by atoms with Gasteiger partial charge in [0.15, 0.2) is 0 Å². The van der Waals surface area contributed by atoms with E-state index in [-0.39, 0.29) is 17.1 Å². The lowest BCUT2D eigenvalue weighted by Crippen LogP contribution is -1.86. The third-order valence-electron chi connectivity index (χ3n) is 2.13. The number of nitrogens with two attached hydrogens (primary N) is 1. The van der Waals surface area contributed by atoms with Crippen LogP contribution in [-0.4, -0.2) is 5.11 Å². The summed E-state index contributed by atoms with van der Waals surface area (Å²) in [7, 11) is 0. The quantitative estimate of drug-likeness (QED) is 0.410. The molecule has 2 aromatic rings. The summed E-state index contributed by atoms with van der Waals surface area (Å²) in [4.78, 5) is 10.5. The molecule has 0 spiro atoms. The van der Waals surface area contributed by atoms with Crippen LogP contribution in [0.25, 0.3) is 10.8 Å². The number of aromatic hydroxyl groups is 1. The van der Waals surface area contributed by atoms with Crippen molar-refractivity contribution in [3.8, 4) is 5.75 Å². The van der Waals surface area contributed by atoms with Gasteiger partial charge < -0.3 is 10.8 Å². The molecule has 2 aromatic carbocycles. The van der Waals surface area contributed by atoms with Crippen molar-refractivity contribution in [3.63, 3.8) is 0 Å². The molecular formula is C10H8N2O2. The smallest absolute Gasteiger partial charge is 0.148 e. The van der Waals surface area contributed by atoms with E-state index in [1.54, 1.807) is 24.3 Å². The number of phenolic OH excluding ortho intramolecular Hbond substituents is 1.